The number of carbonyl (C=O) groups excluding carboxylic acids is 2. The highest BCUT2D eigenvalue weighted by molar-refractivity contribution is 5.92. The van der Waals surface area contributed by atoms with Crippen LogP contribution < -0.4 is 10.2 Å². The molecule has 148 valence electrons. The normalized spacial score (nSPS) is 13.9. The van der Waals surface area contributed by atoms with Crippen LogP contribution in [0.15, 0.2) is 42.6 Å². The number of amides is 2. The number of piperazine rings is 1. The van der Waals surface area contributed by atoms with Crippen molar-refractivity contribution in [2.24, 2.45) is 0 Å². The van der Waals surface area contributed by atoms with Crippen molar-refractivity contribution in [1.29, 1.82) is 0 Å². The Balaban J connectivity index is 1.51. The molecule has 0 spiro atoms. The topological polar surface area (TPSA) is 74.8 Å². The van der Waals surface area contributed by atoms with Gasteiger partial charge in [-0.15, -0.1) is 0 Å². The third kappa shape index (κ3) is 5.22. The zero-order valence-corrected chi connectivity index (χ0v) is 16.4. The van der Waals surface area contributed by atoms with Gasteiger partial charge in [0.1, 0.15) is 5.82 Å². The van der Waals surface area contributed by atoms with Crippen LogP contribution in [0.1, 0.15) is 18.1 Å². The van der Waals surface area contributed by atoms with Crippen LogP contribution in [-0.2, 0) is 16.0 Å². The molecule has 0 unspecified atom stereocenters. The van der Waals surface area contributed by atoms with Gasteiger partial charge < -0.3 is 19.9 Å². The number of aryl methyl sites for hydroxylation is 1. The van der Waals surface area contributed by atoms with Crippen molar-refractivity contribution in [2.75, 3.05) is 43.0 Å². The predicted octanol–water partition coefficient (Wildman–Crippen LogP) is 2.85. The number of hydrogen-bond donors (Lipinski definition) is 1. The first-order valence-electron chi connectivity index (χ1n) is 9.53. The molecule has 0 radical (unpaired) electrons. The second kappa shape index (κ2) is 9.21. The third-order valence-corrected chi connectivity index (χ3v) is 4.61. The monoisotopic (exact) mass is 382 g/mol. The number of nitrogens with one attached hydrogen (secondary N) is 1. The van der Waals surface area contributed by atoms with Crippen molar-refractivity contribution >= 4 is 23.5 Å². The first kappa shape index (κ1) is 19.7. The number of ether oxygens (including phenoxy) is 1. The van der Waals surface area contributed by atoms with Crippen molar-refractivity contribution in [3.8, 4) is 0 Å². The number of pyridine rings is 1. The zero-order chi connectivity index (χ0) is 19.9. The lowest BCUT2D eigenvalue weighted by Crippen LogP contribution is -2.49. The van der Waals surface area contributed by atoms with Crippen LogP contribution in [0, 0.1) is 6.92 Å². The van der Waals surface area contributed by atoms with Crippen LogP contribution in [0.4, 0.5) is 16.3 Å². The summed E-state index contributed by atoms with van der Waals surface area (Å²) < 4.78 is 5.04. The largest absolute Gasteiger partial charge is 0.450 e. The molecule has 2 heterocycles. The van der Waals surface area contributed by atoms with E-state index in [1.165, 1.54) is 0 Å². The Morgan fingerprint density at radius 3 is 2.57 bits per heavy atom. The quantitative estimate of drug-likeness (QED) is 0.861. The lowest BCUT2D eigenvalue weighted by molar-refractivity contribution is -0.115. The van der Waals surface area contributed by atoms with Crippen LogP contribution in [0.3, 0.4) is 0 Å². The molecule has 3 rings (SSSR count). The minimum Gasteiger partial charge on any atom is -0.450 e. The number of benzene rings is 1. The Kier molecular flexibility index (Phi) is 6.47. The highest BCUT2D eigenvalue weighted by atomic mass is 16.6. The molecular formula is C21H26N4O3. The SMILES string of the molecule is CCOC(=O)N1CCN(c2ccc(NC(=O)Cc3cccc(C)c3)cn2)CC1. The van der Waals surface area contributed by atoms with Crippen LogP contribution in [0.2, 0.25) is 0 Å². The van der Waals surface area contributed by atoms with E-state index in [1.54, 1.807) is 18.0 Å². The second-order valence-corrected chi connectivity index (χ2v) is 6.79. The lowest BCUT2D eigenvalue weighted by Gasteiger charge is -2.34. The van der Waals surface area contributed by atoms with Crippen molar-refractivity contribution < 1.29 is 14.3 Å². The molecular weight excluding hydrogens is 356 g/mol. The number of aromatic nitrogens is 1. The molecule has 28 heavy (non-hydrogen) atoms. The molecule has 0 bridgehead atoms. The van der Waals surface area contributed by atoms with Crippen LogP contribution in [-0.4, -0.2) is 54.7 Å². The van der Waals surface area contributed by atoms with E-state index in [1.807, 2.05) is 43.3 Å². The molecule has 1 aliphatic heterocycles. The fraction of sp³-hybridized carbons (Fsp3) is 0.381. The Hall–Kier alpha value is -3.09. The molecule has 1 saturated heterocycles. The van der Waals surface area contributed by atoms with Gasteiger partial charge in [-0.3, -0.25) is 4.79 Å². The summed E-state index contributed by atoms with van der Waals surface area (Å²) in [7, 11) is 0. The molecule has 0 saturated carbocycles. The molecule has 0 atom stereocenters. The van der Waals surface area contributed by atoms with Crippen LogP contribution in [0.5, 0.6) is 0 Å². The maximum Gasteiger partial charge on any atom is 0.409 e. The maximum absolute atomic E-state index is 12.2. The van der Waals surface area contributed by atoms with Crippen LogP contribution in [0.25, 0.3) is 0 Å². The zero-order valence-electron chi connectivity index (χ0n) is 16.4. The van der Waals surface area contributed by atoms with Gasteiger partial charge in [0.15, 0.2) is 0 Å². The summed E-state index contributed by atoms with van der Waals surface area (Å²) in [5, 5.41) is 2.89. The Morgan fingerprint density at radius 2 is 1.93 bits per heavy atom. The second-order valence-electron chi connectivity index (χ2n) is 6.79. The number of carbonyl (C=O) groups is 2. The van der Waals surface area contributed by atoms with Gasteiger partial charge in [0.05, 0.1) is 24.9 Å². The molecule has 2 amide bonds. The summed E-state index contributed by atoms with van der Waals surface area (Å²) in [6, 6.07) is 11.7. The third-order valence-electron chi connectivity index (χ3n) is 4.61. The van der Waals surface area contributed by atoms with Gasteiger partial charge in [0.25, 0.3) is 0 Å². The average molecular weight is 382 g/mol. The summed E-state index contributed by atoms with van der Waals surface area (Å²) in [5.74, 6) is 0.767. The van der Waals surface area contributed by atoms with Gasteiger partial charge >= 0.3 is 6.09 Å². The predicted molar refractivity (Wildman–Crippen MR) is 109 cm³/mol. The van der Waals surface area contributed by atoms with Gasteiger partial charge in [0, 0.05) is 26.2 Å². The van der Waals surface area contributed by atoms with Crippen LogP contribution >= 0.6 is 0 Å². The molecule has 1 aliphatic rings. The van der Waals surface area contributed by atoms with E-state index in [4.69, 9.17) is 4.74 Å². The summed E-state index contributed by atoms with van der Waals surface area (Å²) in [5.41, 5.74) is 2.80. The number of rotatable bonds is 5. The van der Waals surface area contributed by atoms with Gasteiger partial charge in [-0.25, -0.2) is 9.78 Å². The summed E-state index contributed by atoms with van der Waals surface area (Å²) >= 11 is 0. The number of anilines is 2. The summed E-state index contributed by atoms with van der Waals surface area (Å²) in [6.07, 6.45) is 1.74. The fourth-order valence-electron chi connectivity index (χ4n) is 3.19. The van der Waals surface area contributed by atoms with Gasteiger partial charge in [-0.2, -0.15) is 0 Å². The molecule has 1 N–H and O–H groups in total. The average Bonchev–Trinajstić information content (AvgIpc) is 2.69. The smallest absolute Gasteiger partial charge is 0.409 e. The first-order valence-corrected chi connectivity index (χ1v) is 9.53. The molecule has 1 aromatic carbocycles. The van der Waals surface area contributed by atoms with E-state index < -0.39 is 0 Å². The highest BCUT2D eigenvalue weighted by Crippen LogP contribution is 2.17. The van der Waals surface area contributed by atoms with E-state index in [0.29, 0.717) is 44.9 Å². The molecule has 0 aliphatic carbocycles. The standard InChI is InChI=1S/C21H26N4O3/c1-3-28-21(27)25-11-9-24(10-12-25)19-8-7-18(15-22-19)23-20(26)14-17-6-4-5-16(2)13-17/h4-8,13,15H,3,9-12,14H2,1-2H3,(H,23,26). The van der Waals surface area contributed by atoms with Gasteiger partial charge in [-0.05, 0) is 31.5 Å². The molecule has 1 aromatic heterocycles. The Labute approximate surface area is 165 Å². The van der Waals surface area contributed by atoms with Crippen molar-refractivity contribution in [1.82, 2.24) is 9.88 Å². The molecule has 7 nitrogen and oxygen atoms in total. The lowest BCUT2D eigenvalue weighted by atomic mass is 10.1. The minimum absolute atomic E-state index is 0.0665. The first-order chi connectivity index (χ1) is 13.5. The minimum atomic E-state index is -0.262. The molecule has 7 heteroatoms. The fourth-order valence-corrected chi connectivity index (χ4v) is 3.19. The van der Waals surface area contributed by atoms with Crippen molar-refractivity contribution in [3.63, 3.8) is 0 Å². The van der Waals surface area contributed by atoms with Gasteiger partial charge in [-0.1, -0.05) is 29.8 Å². The number of hydrogen-bond acceptors (Lipinski definition) is 5. The van der Waals surface area contributed by atoms with E-state index in [2.05, 4.69) is 15.2 Å². The summed E-state index contributed by atoms with van der Waals surface area (Å²) in [6.45, 7) is 6.81. The van der Waals surface area contributed by atoms with Crippen molar-refractivity contribution in [2.45, 2.75) is 20.3 Å². The molecule has 2 aromatic rings. The maximum atomic E-state index is 12.2. The van der Waals surface area contributed by atoms with E-state index >= 15 is 0 Å². The highest BCUT2D eigenvalue weighted by Gasteiger charge is 2.22. The summed E-state index contributed by atoms with van der Waals surface area (Å²) in [4.78, 5) is 32.3. The Bertz CT molecular complexity index is 815. The van der Waals surface area contributed by atoms with Crippen molar-refractivity contribution in [3.05, 3.63) is 53.7 Å². The van der Waals surface area contributed by atoms with Gasteiger partial charge in [0.2, 0.25) is 5.91 Å². The van der Waals surface area contributed by atoms with E-state index in [0.717, 1.165) is 16.9 Å². The Morgan fingerprint density at radius 1 is 1.14 bits per heavy atom. The van der Waals surface area contributed by atoms with E-state index in [-0.39, 0.29) is 12.0 Å². The molecule has 1 fully saturated rings. The van der Waals surface area contributed by atoms with E-state index in [9.17, 15) is 9.59 Å². The number of nitrogens with zero attached hydrogens (tertiary/aromatic N) is 3.